The molecule has 1 fully saturated rings. The van der Waals surface area contributed by atoms with Gasteiger partial charge in [-0.1, -0.05) is 24.6 Å². The lowest BCUT2D eigenvalue weighted by Crippen LogP contribution is -2.36. The summed E-state index contributed by atoms with van der Waals surface area (Å²) in [7, 11) is 0. The zero-order valence-corrected chi connectivity index (χ0v) is 11.5. The van der Waals surface area contributed by atoms with Gasteiger partial charge in [0.1, 0.15) is 5.82 Å². The number of benzene rings is 1. The second-order valence-electron chi connectivity index (χ2n) is 4.41. The molecule has 0 spiro atoms. The summed E-state index contributed by atoms with van der Waals surface area (Å²) in [6.07, 6.45) is 0.929. The standard InChI is InChI=1S/C13H17ClFNS/c1-2-16-13-8-17-7-10(13)5-9-3-4-11(14)12(15)6-9/h3-4,6,10,13,16H,2,5,7-8H2,1H3. The lowest BCUT2D eigenvalue weighted by molar-refractivity contribution is 0.433. The average molecular weight is 274 g/mol. The monoisotopic (exact) mass is 273 g/mol. The normalized spacial score (nSPS) is 24.2. The molecule has 1 N–H and O–H groups in total. The van der Waals surface area contributed by atoms with Gasteiger partial charge in [0.05, 0.1) is 5.02 Å². The number of thioether (sulfide) groups is 1. The van der Waals surface area contributed by atoms with Crippen LogP contribution in [-0.2, 0) is 6.42 Å². The van der Waals surface area contributed by atoms with Crippen LogP contribution in [0.15, 0.2) is 18.2 Å². The number of halogens is 2. The van der Waals surface area contributed by atoms with Crippen LogP contribution in [0.25, 0.3) is 0 Å². The molecule has 0 saturated carbocycles. The Labute approximate surface area is 111 Å². The maximum atomic E-state index is 13.3. The molecule has 1 heterocycles. The van der Waals surface area contributed by atoms with Crippen molar-refractivity contribution >= 4 is 23.4 Å². The summed E-state index contributed by atoms with van der Waals surface area (Å²) in [5, 5.41) is 3.71. The third-order valence-electron chi connectivity index (χ3n) is 3.15. The zero-order valence-electron chi connectivity index (χ0n) is 9.88. The van der Waals surface area contributed by atoms with Gasteiger partial charge in [0, 0.05) is 11.8 Å². The molecule has 94 valence electrons. The van der Waals surface area contributed by atoms with E-state index >= 15 is 0 Å². The van der Waals surface area contributed by atoms with Gasteiger partial charge in [0.15, 0.2) is 0 Å². The van der Waals surface area contributed by atoms with Crippen molar-refractivity contribution in [2.45, 2.75) is 19.4 Å². The van der Waals surface area contributed by atoms with E-state index in [0.29, 0.717) is 12.0 Å². The lowest BCUT2D eigenvalue weighted by atomic mass is 9.95. The molecule has 1 aliphatic heterocycles. The fraction of sp³-hybridized carbons (Fsp3) is 0.538. The first-order valence-corrected chi connectivity index (χ1v) is 7.49. The average Bonchev–Trinajstić information content (AvgIpc) is 2.72. The predicted octanol–water partition coefficient (Wildman–Crippen LogP) is 3.36. The van der Waals surface area contributed by atoms with Gasteiger partial charge in [-0.05, 0) is 42.3 Å². The highest BCUT2D eigenvalue weighted by molar-refractivity contribution is 7.99. The first kappa shape index (κ1) is 13.2. The van der Waals surface area contributed by atoms with Gasteiger partial charge in [0.25, 0.3) is 0 Å². The summed E-state index contributed by atoms with van der Waals surface area (Å²) in [5.74, 6) is 2.60. The fourth-order valence-electron chi connectivity index (χ4n) is 2.26. The van der Waals surface area contributed by atoms with Gasteiger partial charge >= 0.3 is 0 Å². The van der Waals surface area contributed by atoms with Crippen LogP contribution >= 0.6 is 23.4 Å². The highest BCUT2D eigenvalue weighted by atomic mass is 35.5. The third kappa shape index (κ3) is 3.36. The summed E-state index contributed by atoms with van der Waals surface area (Å²) in [6.45, 7) is 3.12. The van der Waals surface area contributed by atoms with Gasteiger partial charge < -0.3 is 5.32 Å². The number of hydrogen-bond acceptors (Lipinski definition) is 2. The quantitative estimate of drug-likeness (QED) is 0.903. The van der Waals surface area contributed by atoms with Crippen molar-refractivity contribution in [1.29, 1.82) is 0 Å². The van der Waals surface area contributed by atoms with Crippen molar-refractivity contribution < 1.29 is 4.39 Å². The topological polar surface area (TPSA) is 12.0 Å². The smallest absolute Gasteiger partial charge is 0.142 e. The lowest BCUT2D eigenvalue weighted by Gasteiger charge is -2.19. The Kier molecular flexibility index (Phi) is 4.71. The highest BCUT2D eigenvalue weighted by Crippen LogP contribution is 2.28. The van der Waals surface area contributed by atoms with Crippen LogP contribution in [0.1, 0.15) is 12.5 Å². The predicted molar refractivity (Wildman–Crippen MR) is 73.4 cm³/mol. The van der Waals surface area contributed by atoms with Crippen molar-refractivity contribution in [2.24, 2.45) is 5.92 Å². The Balaban J connectivity index is 2.02. The maximum Gasteiger partial charge on any atom is 0.142 e. The van der Waals surface area contributed by atoms with Crippen LogP contribution in [0.4, 0.5) is 4.39 Å². The molecule has 1 aliphatic rings. The van der Waals surface area contributed by atoms with Crippen LogP contribution in [0.5, 0.6) is 0 Å². The molecule has 0 amide bonds. The van der Waals surface area contributed by atoms with Gasteiger partial charge in [-0.3, -0.25) is 0 Å². The van der Waals surface area contributed by atoms with Crippen molar-refractivity contribution in [1.82, 2.24) is 5.32 Å². The molecule has 1 aromatic rings. The summed E-state index contributed by atoms with van der Waals surface area (Å²) < 4.78 is 13.3. The molecular formula is C13H17ClFNS. The van der Waals surface area contributed by atoms with Crippen LogP contribution in [0.3, 0.4) is 0 Å². The SMILES string of the molecule is CCNC1CSCC1Cc1ccc(Cl)c(F)c1. The van der Waals surface area contributed by atoms with Crippen LogP contribution in [0, 0.1) is 11.7 Å². The molecule has 17 heavy (non-hydrogen) atoms. The van der Waals surface area contributed by atoms with E-state index in [2.05, 4.69) is 12.2 Å². The van der Waals surface area contributed by atoms with E-state index in [9.17, 15) is 4.39 Å². The van der Waals surface area contributed by atoms with Gasteiger partial charge in [-0.2, -0.15) is 11.8 Å². The maximum absolute atomic E-state index is 13.3. The molecule has 0 bridgehead atoms. The molecule has 1 saturated heterocycles. The second kappa shape index (κ2) is 6.07. The molecule has 2 rings (SSSR count). The molecule has 2 unspecified atom stereocenters. The third-order valence-corrected chi connectivity index (χ3v) is 4.71. The first-order valence-electron chi connectivity index (χ1n) is 5.95. The minimum atomic E-state index is -0.310. The zero-order chi connectivity index (χ0) is 12.3. The minimum absolute atomic E-state index is 0.206. The Bertz CT molecular complexity index is 386. The number of rotatable bonds is 4. The molecule has 1 nitrogen and oxygen atoms in total. The van der Waals surface area contributed by atoms with Gasteiger partial charge in [-0.25, -0.2) is 4.39 Å². The van der Waals surface area contributed by atoms with Crippen molar-refractivity contribution in [2.75, 3.05) is 18.1 Å². The van der Waals surface area contributed by atoms with Gasteiger partial charge in [-0.15, -0.1) is 0 Å². The Hall–Kier alpha value is -0.250. The number of nitrogens with one attached hydrogen (secondary N) is 1. The first-order chi connectivity index (χ1) is 8.20. The van der Waals surface area contributed by atoms with Crippen LogP contribution in [-0.4, -0.2) is 24.1 Å². The minimum Gasteiger partial charge on any atom is -0.313 e. The fourth-order valence-corrected chi connectivity index (χ4v) is 3.81. The summed E-state index contributed by atoms with van der Waals surface area (Å²) >= 11 is 7.66. The Morgan fingerprint density at radius 3 is 3.00 bits per heavy atom. The molecule has 0 aromatic heterocycles. The molecule has 0 radical (unpaired) electrons. The van der Waals surface area contributed by atoms with E-state index in [4.69, 9.17) is 11.6 Å². The number of hydrogen-bond donors (Lipinski definition) is 1. The summed E-state index contributed by atoms with van der Waals surface area (Å²) in [4.78, 5) is 0. The summed E-state index contributed by atoms with van der Waals surface area (Å²) in [6, 6.07) is 5.70. The van der Waals surface area contributed by atoms with Gasteiger partial charge in [0.2, 0.25) is 0 Å². The van der Waals surface area contributed by atoms with Crippen molar-refractivity contribution in [3.05, 3.63) is 34.6 Å². The van der Waals surface area contributed by atoms with E-state index in [0.717, 1.165) is 30.0 Å². The highest BCUT2D eigenvalue weighted by Gasteiger charge is 2.27. The van der Waals surface area contributed by atoms with E-state index in [1.54, 1.807) is 12.1 Å². The Morgan fingerprint density at radius 2 is 2.29 bits per heavy atom. The second-order valence-corrected chi connectivity index (χ2v) is 5.90. The summed E-state index contributed by atoms with van der Waals surface area (Å²) in [5.41, 5.74) is 1.04. The van der Waals surface area contributed by atoms with Crippen LogP contribution < -0.4 is 5.32 Å². The molecule has 4 heteroatoms. The largest absolute Gasteiger partial charge is 0.313 e. The molecular weight excluding hydrogens is 257 g/mol. The Morgan fingerprint density at radius 1 is 1.47 bits per heavy atom. The van der Waals surface area contributed by atoms with Crippen molar-refractivity contribution in [3.8, 4) is 0 Å². The van der Waals surface area contributed by atoms with E-state index < -0.39 is 0 Å². The van der Waals surface area contributed by atoms with Crippen molar-refractivity contribution in [3.63, 3.8) is 0 Å². The van der Waals surface area contributed by atoms with Crippen LogP contribution in [0.2, 0.25) is 5.02 Å². The molecule has 2 atom stereocenters. The van der Waals surface area contributed by atoms with E-state index in [-0.39, 0.29) is 10.8 Å². The molecule has 1 aromatic carbocycles. The van der Waals surface area contributed by atoms with E-state index in [1.165, 1.54) is 0 Å². The molecule has 0 aliphatic carbocycles. The van der Waals surface area contributed by atoms with E-state index in [1.807, 2.05) is 17.8 Å².